The molecule has 1 rings (SSSR count). The lowest BCUT2D eigenvalue weighted by Gasteiger charge is -2.20. The zero-order valence-corrected chi connectivity index (χ0v) is 11.8. The molecule has 5 nitrogen and oxygen atoms in total. The van der Waals surface area contributed by atoms with Crippen LogP contribution >= 0.6 is 11.3 Å². The molecule has 0 atom stereocenters. The molecule has 1 aromatic rings. The third kappa shape index (κ3) is 4.27. The number of nitrogens with zero attached hydrogens (tertiary/aromatic N) is 2. The number of amides is 1. The average Bonchev–Trinajstić information content (AvgIpc) is 2.86. The lowest BCUT2D eigenvalue weighted by Crippen LogP contribution is -2.34. The SMILES string of the molecule is CCCCCN(CCO)C(=O)c1csc(NC)n1. The van der Waals surface area contributed by atoms with Crippen molar-refractivity contribution in [3.8, 4) is 0 Å². The van der Waals surface area contributed by atoms with Crippen LogP contribution in [0.3, 0.4) is 0 Å². The van der Waals surface area contributed by atoms with Gasteiger partial charge in [0.25, 0.3) is 5.91 Å². The minimum Gasteiger partial charge on any atom is -0.395 e. The van der Waals surface area contributed by atoms with E-state index in [-0.39, 0.29) is 12.5 Å². The number of hydrogen-bond donors (Lipinski definition) is 2. The quantitative estimate of drug-likeness (QED) is 0.708. The van der Waals surface area contributed by atoms with Crippen LogP contribution in [0, 0.1) is 0 Å². The van der Waals surface area contributed by atoms with Gasteiger partial charge in [-0.3, -0.25) is 4.79 Å². The number of nitrogens with one attached hydrogen (secondary N) is 1. The molecule has 0 spiro atoms. The molecule has 6 heteroatoms. The highest BCUT2D eigenvalue weighted by Gasteiger charge is 2.17. The van der Waals surface area contributed by atoms with E-state index < -0.39 is 0 Å². The molecule has 1 amide bonds. The Bertz CT molecular complexity index is 368. The van der Waals surface area contributed by atoms with Gasteiger partial charge in [-0.05, 0) is 6.42 Å². The van der Waals surface area contributed by atoms with E-state index in [1.807, 2.05) is 0 Å². The number of hydrogen-bond acceptors (Lipinski definition) is 5. The molecule has 0 aliphatic heterocycles. The molecular formula is C12H21N3O2S. The molecule has 0 unspecified atom stereocenters. The van der Waals surface area contributed by atoms with Crippen molar-refractivity contribution in [2.24, 2.45) is 0 Å². The van der Waals surface area contributed by atoms with Crippen LogP contribution in [0.15, 0.2) is 5.38 Å². The Morgan fingerprint density at radius 1 is 1.50 bits per heavy atom. The van der Waals surface area contributed by atoms with E-state index >= 15 is 0 Å². The fraction of sp³-hybridized carbons (Fsp3) is 0.667. The normalized spacial score (nSPS) is 10.4. The van der Waals surface area contributed by atoms with E-state index in [9.17, 15) is 4.79 Å². The summed E-state index contributed by atoms with van der Waals surface area (Å²) in [6.45, 7) is 3.16. The summed E-state index contributed by atoms with van der Waals surface area (Å²) in [5.74, 6) is -0.0992. The Balaban J connectivity index is 2.62. The number of unbranched alkanes of at least 4 members (excludes halogenated alkanes) is 2. The molecule has 0 radical (unpaired) electrons. The lowest BCUT2D eigenvalue weighted by atomic mass is 10.2. The standard InChI is InChI=1S/C12H21N3O2S/c1-3-4-5-6-15(7-8-16)11(17)10-9-18-12(13-2)14-10/h9,16H,3-8H2,1-2H3,(H,13,14). The summed E-state index contributed by atoms with van der Waals surface area (Å²) < 4.78 is 0. The molecule has 2 N–H and O–H groups in total. The van der Waals surface area contributed by atoms with Gasteiger partial charge >= 0.3 is 0 Å². The summed E-state index contributed by atoms with van der Waals surface area (Å²) in [7, 11) is 1.78. The number of rotatable bonds is 8. The predicted molar refractivity (Wildman–Crippen MR) is 74.2 cm³/mol. The molecule has 0 aliphatic rings. The Morgan fingerprint density at radius 3 is 2.83 bits per heavy atom. The molecule has 0 bridgehead atoms. The molecule has 0 fully saturated rings. The van der Waals surface area contributed by atoms with Crippen molar-refractivity contribution in [1.29, 1.82) is 0 Å². The molecule has 1 heterocycles. The van der Waals surface area contributed by atoms with E-state index in [0.717, 1.165) is 24.4 Å². The van der Waals surface area contributed by atoms with E-state index in [1.54, 1.807) is 17.3 Å². The van der Waals surface area contributed by atoms with Gasteiger partial charge in [-0.25, -0.2) is 4.98 Å². The van der Waals surface area contributed by atoms with Gasteiger partial charge in [0.2, 0.25) is 0 Å². The zero-order chi connectivity index (χ0) is 13.4. The number of anilines is 1. The topological polar surface area (TPSA) is 65.5 Å². The van der Waals surface area contributed by atoms with Crippen LogP contribution in [0.1, 0.15) is 36.7 Å². The molecule has 0 aliphatic carbocycles. The van der Waals surface area contributed by atoms with Gasteiger partial charge < -0.3 is 15.3 Å². The first-order valence-electron chi connectivity index (χ1n) is 6.26. The number of carbonyl (C=O) groups is 1. The Kier molecular flexibility index (Phi) is 6.67. The van der Waals surface area contributed by atoms with Gasteiger partial charge in [0, 0.05) is 25.5 Å². The highest BCUT2D eigenvalue weighted by molar-refractivity contribution is 7.13. The summed E-state index contributed by atoms with van der Waals surface area (Å²) >= 11 is 1.41. The molecule has 1 aromatic heterocycles. The molecule has 0 saturated heterocycles. The van der Waals surface area contributed by atoms with Gasteiger partial charge in [0.15, 0.2) is 5.13 Å². The van der Waals surface area contributed by atoms with Gasteiger partial charge in [0.1, 0.15) is 5.69 Å². The van der Waals surface area contributed by atoms with Crippen LogP contribution in [0.2, 0.25) is 0 Å². The van der Waals surface area contributed by atoms with E-state index in [0.29, 0.717) is 18.8 Å². The Labute approximate surface area is 112 Å². The smallest absolute Gasteiger partial charge is 0.273 e. The second-order valence-electron chi connectivity index (χ2n) is 4.01. The third-order valence-corrected chi connectivity index (χ3v) is 3.49. The van der Waals surface area contributed by atoms with E-state index in [2.05, 4.69) is 17.2 Å². The van der Waals surface area contributed by atoms with Crippen LogP contribution in [-0.4, -0.2) is 47.6 Å². The first kappa shape index (κ1) is 14.9. The number of aromatic nitrogens is 1. The summed E-state index contributed by atoms with van der Waals surface area (Å²) in [5, 5.41) is 14.4. The molecule has 18 heavy (non-hydrogen) atoms. The second-order valence-corrected chi connectivity index (χ2v) is 4.87. The largest absolute Gasteiger partial charge is 0.395 e. The summed E-state index contributed by atoms with van der Waals surface area (Å²) in [5.41, 5.74) is 0.453. The summed E-state index contributed by atoms with van der Waals surface area (Å²) in [6.07, 6.45) is 3.17. The maximum absolute atomic E-state index is 12.2. The first-order valence-corrected chi connectivity index (χ1v) is 7.14. The number of carbonyl (C=O) groups excluding carboxylic acids is 1. The van der Waals surface area contributed by atoms with Crippen molar-refractivity contribution in [2.45, 2.75) is 26.2 Å². The van der Waals surface area contributed by atoms with Gasteiger partial charge in [-0.15, -0.1) is 11.3 Å². The molecular weight excluding hydrogens is 250 g/mol. The maximum Gasteiger partial charge on any atom is 0.273 e. The molecule has 0 aromatic carbocycles. The van der Waals surface area contributed by atoms with Crippen molar-refractivity contribution in [1.82, 2.24) is 9.88 Å². The van der Waals surface area contributed by atoms with Gasteiger partial charge in [-0.1, -0.05) is 19.8 Å². The third-order valence-electron chi connectivity index (χ3n) is 2.63. The van der Waals surface area contributed by atoms with Crippen LogP contribution in [0.4, 0.5) is 5.13 Å². The monoisotopic (exact) mass is 271 g/mol. The number of thiazole rings is 1. The number of aliphatic hydroxyl groups is 1. The highest BCUT2D eigenvalue weighted by Crippen LogP contribution is 2.16. The second kappa shape index (κ2) is 8.05. The lowest BCUT2D eigenvalue weighted by molar-refractivity contribution is 0.0713. The fourth-order valence-corrected chi connectivity index (χ4v) is 2.28. The van der Waals surface area contributed by atoms with Gasteiger partial charge in [0.05, 0.1) is 6.61 Å². The summed E-state index contributed by atoms with van der Waals surface area (Å²) in [4.78, 5) is 18.1. The van der Waals surface area contributed by atoms with Crippen molar-refractivity contribution >= 4 is 22.4 Å². The predicted octanol–water partition coefficient (Wildman–Crippen LogP) is 1.81. The van der Waals surface area contributed by atoms with Crippen molar-refractivity contribution < 1.29 is 9.90 Å². The van der Waals surface area contributed by atoms with E-state index in [1.165, 1.54) is 11.3 Å². The highest BCUT2D eigenvalue weighted by atomic mass is 32.1. The van der Waals surface area contributed by atoms with Crippen LogP contribution in [0.25, 0.3) is 0 Å². The average molecular weight is 271 g/mol. The molecule has 0 saturated carbocycles. The van der Waals surface area contributed by atoms with Crippen LogP contribution in [-0.2, 0) is 0 Å². The number of aliphatic hydroxyl groups excluding tert-OH is 1. The minimum atomic E-state index is -0.0992. The zero-order valence-electron chi connectivity index (χ0n) is 11.0. The fourth-order valence-electron chi connectivity index (χ4n) is 1.64. The Hall–Kier alpha value is -1.14. The van der Waals surface area contributed by atoms with Gasteiger partial charge in [-0.2, -0.15) is 0 Å². The van der Waals surface area contributed by atoms with Crippen LogP contribution in [0.5, 0.6) is 0 Å². The van der Waals surface area contributed by atoms with Crippen molar-refractivity contribution in [2.75, 3.05) is 32.1 Å². The van der Waals surface area contributed by atoms with Crippen molar-refractivity contribution in [3.05, 3.63) is 11.1 Å². The summed E-state index contributed by atoms with van der Waals surface area (Å²) in [6, 6.07) is 0. The van der Waals surface area contributed by atoms with Crippen LogP contribution < -0.4 is 5.32 Å². The van der Waals surface area contributed by atoms with Crippen molar-refractivity contribution in [3.63, 3.8) is 0 Å². The maximum atomic E-state index is 12.2. The Morgan fingerprint density at radius 2 is 2.28 bits per heavy atom. The molecule has 102 valence electrons. The first-order chi connectivity index (χ1) is 8.72. The van der Waals surface area contributed by atoms with E-state index in [4.69, 9.17) is 5.11 Å². The minimum absolute atomic E-state index is 0.0130.